The number of aromatic carboxylic acids is 1. The molecule has 6 nitrogen and oxygen atoms in total. The number of carbonyl (C=O) groups excluding carboxylic acids is 1. The van der Waals surface area contributed by atoms with Gasteiger partial charge in [-0.1, -0.05) is 12.1 Å². The number of benzene rings is 1. The molecule has 2 aromatic rings. The summed E-state index contributed by atoms with van der Waals surface area (Å²) >= 11 is 0. The van der Waals surface area contributed by atoms with Crippen molar-refractivity contribution in [1.29, 1.82) is 0 Å². The van der Waals surface area contributed by atoms with E-state index in [1.165, 1.54) is 13.0 Å². The van der Waals surface area contributed by atoms with Crippen LogP contribution in [0, 0.1) is 6.92 Å². The van der Waals surface area contributed by atoms with Gasteiger partial charge >= 0.3 is 5.97 Å². The molecule has 102 valence electrons. The average molecular weight is 271 g/mol. The molecule has 0 aliphatic rings. The predicted octanol–water partition coefficient (Wildman–Crippen LogP) is 2.43. The summed E-state index contributed by atoms with van der Waals surface area (Å²) in [4.78, 5) is 30.3. The molecule has 0 spiro atoms. The minimum Gasteiger partial charge on any atom is -0.477 e. The van der Waals surface area contributed by atoms with Crippen LogP contribution in [0.2, 0.25) is 0 Å². The molecule has 0 atom stereocenters. The first-order chi connectivity index (χ1) is 9.45. The van der Waals surface area contributed by atoms with Gasteiger partial charge in [-0.3, -0.25) is 4.79 Å². The van der Waals surface area contributed by atoms with Crippen molar-refractivity contribution >= 4 is 23.4 Å². The van der Waals surface area contributed by atoms with Crippen LogP contribution in [0.1, 0.15) is 33.5 Å². The largest absolute Gasteiger partial charge is 0.477 e. The molecule has 0 saturated heterocycles. The van der Waals surface area contributed by atoms with Crippen LogP contribution in [0.15, 0.2) is 30.3 Å². The lowest BCUT2D eigenvalue weighted by atomic mass is 10.1. The van der Waals surface area contributed by atoms with Gasteiger partial charge in [0.05, 0.1) is 0 Å². The third kappa shape index (κ3) is 3.17. The molecule has 1 aromatic carbocycles. The molecule has 0 bridgehead atoms. The summed E-state index contributed by atoms with van der Waals surface area (Å²) in [5.74, 6) is -0.982. The number of nitrogens with zero attached hydrogens (tertiary/aromatic N) is 2. The van der Waals surface area contributed by atoms with Gasteiger partial charge in [-0.15, -0.1) is 0 Å². The predicted molar refractivity (Wildman–Crippen MR) is 73.5 cm³/mol. The second-order valence-corrected chi connectivity index (χ2v) is 4.29. The Labute approximate surface area is 115 Å². The van der Waals surface area contributed by atoms with E-state index in [9.17, 15) is 9.59 Å². The first kappa shape index (κ1) is 13.7. The third-order valence-electron chi connectivity index (χ3n) is 2.60. The van der Waals surface area contributed by atoms with Gasteiger partial charge in [-0.2, -0.15) is 0 Å². The van der Waals surface area contributed by atoms with Gasteiger partial charge in [0.15, 0.2) is 11.5 Å². The van der Waals surface area contributed by atoms with Crippen molar-refractivity contribution in [3.63, 3.8) is 0 Å². The molecule has 0 saturated carbocycles. The van der Waals surface area contributed by atoms with Crippen LogP contribution in [-0.4, -0.2) is 26.8 Å². The van der Waals surface area contributed by atoms with Crippen molar-refractivity contribution in [2.24, 2.45) is 0 Å². The molecular weight excluding hydrogens is 258 g/mol. The normalized spacial score (nSPS) is 10.1. The molecule has 1 aromatic heterocycles. The number of ketones is 1. The maximum absolute atomic E-state index is 11.3. The molecule has 0 unspecified atom stereocenters. The van der Waals surface area contributed by atoms with Crippen molar-refractivity contribution in [3.8, 4) is 0 Å². The highest BCUT2D eigenvalue weighted by Crippen LogP contribution is 2.16. The van der Waals surface area contributed by atoms with Gasteiger partial charge in [0.2, 0.25) is 5.95 Å². The van der Waals surface area contributed by atoms with E-state index in [0.717, 1.165) is 0 Å². The van der Waals surface area contributed by atoms with E-state index in [1.807, 2.05) is 0 Å². The maximum atomic E-state index is 11.3. The number of hydrogen-bond acceptors (Lipinski definition) is 5. The van der Waals surface area contributed by atoms with Crippen LogP contribution in [0.4, 0.5) is 11.6 Å². The van der Waals surface area contributed by atoms with Crippen LogP contribution in [0.5, 0.6) is 0 Å². The zero-order chi connectivity index (χ0) is 14.7. The standard InChI is InChI=1S/C14H13N3O3/c1-8-6-12(13(19)20)17-14(15-8)16-11-5-3-4-10(7-11)9(2)18/h3-7H,1-2H3,(H,19,20)(H,15,16,17). The molecule has 2 rings (SSSR count). The van der Waals surface area contributed by atoms with Crippen LogP contribution in [0.3, 0.4) is 0 Å². The zero-order valence-electron chi connectivity index (χ0n) is 11.0. The smallest absolute Gasteiger partial charge is 0.354 e. The Hall–Kier alpha value is -2.76. The highest BCUT2D eigenvalue weighted by molar-refractivity contribution is 5.95. The molecule has 0 amide bonds. The monoisotopic (exact) mass is 271 g/mol. The van der Waals surface area contributed by atoms with Crippen LogP contribution in [0.25, 0.3) is 0 Å². The van der Waals surface area contributed by atoms with Crippen molar-refractivity contribution in [3.05, 3.63) is 47.3 Å². The molecule has 6 heteroatoms. The number of carboxylic acids is 1. The quantitative estimate of drug-likeness (QED) is 0.830. The van der Waals surface area contributed by atoms with Crippen molar-refractivity contribution < 1.29 is 14.7 Å². The Morgan fingerprint density at radius 3 is 2.60 bits per heavy atom. The summed E-state index contributed by atoms with van der Waals surface area (Å²) in [6.07, 6.45) is 0. The summed E-state index contributed by atoms with van der Waals surface area (Å²) in [6, 6.07) is 8.23. The Bertz CT molecular complexity index is 683. The molecule has 0 radical (unpaired) electrons. The number of rotatable bonds is 4. The lowest BCUT2D eigenvalue weighted by Gasteiger charge is -2.07. The summed E-state index contributed by atoms with van der Waals surface area (Å²) < 4.78 is 0. The minimum absolute atomic E-state index is 0.0509. The van der Waals surface area contributed by atoms with Crippen molar-refractivity contribution in [2.75, 3.05) is 5.32 Å². The molecule has 2 N–H and O–H groups in total. The SMILES string of the molecule is CC(=O)c1cccc(Nc2nc(C)cc(C(=O)O)n2)c1. The number of anilines is 2. The number of aromatic nitrogens is 2. The second kappa shape index (κ2) is 5.48. The zero-order valence-corrected chi connectivity index (χ0v) is 11.0. The highest BCUT2D eigenvalue weighted by atomic mass is 16.4. The Morgan fingerprint density at radius 1 is 1.20 bits per heavy atom. The fraction of sp³-hybridized carbons (Fsp3) is 0.143. The molecular formula is C14H13N3O3. The number of hydrogen-bond donors (Lipinski definition) is 2. The second-order valence-electron chi connectivity index (χ2n) is 4.29. The van der Waals surface area contributed by atoms with E-state index in [0.29, 0.717) is 16.9 Å². The fourth-order valence-electron chi connectivity index (χ4n) is 1.68. The van der Waals surface area contributed by atoms with Gasteiger partial charge in [-0.25, -0.2) is 14.8 Å². The Balaban J connectivity index is 2.32. The molecule has 20 heavy (non-hydrogen) atoms. The summed E-state index contributed by atoms with van der Waals surface area (Å²) in [5, 5.41) is 11.9. The van der Waals surface area contributed by atoms with E-state index in [2.05, 4.69) is 15.3 Å². The topological polar surface area (TPSA) is 92.2 Å². The number of Topliss-reactive ketones (excluding diaryl/α,β-unsaturated/α-hetero) is 1. The first-order valence-corrected chi connectivity index (χ1v) is 5.92. The average Bonchev–Trinajstić information content (AvgIpc) is 2.38. The van der Waals surface area contributed by atoms with Crippen LogP contribution < -0.4 is 5.32 Å². The highest BCUT2D eigenvalue weighted by Gasteiger charge is 2.09. The number of carboxylic acid groups (broad SMARTS) is 1. The number of nitrogens with one attached hydrogen (secondary N) is 1. The van der Waals surface area contributed by atoms with Gasteiger partial charge in [0.1, 0.15) is 0 Å². The van der Waals surface area contributed by atoms with Crippen LogP contribution >= 0.6 is 0 Å². The van der Waals surface area contributed by atoms with Gasteiger partial charge in [-0.05, 0) is 32.0 Å². The molecule has 0 aliphatic carbocycles. The maximum Gasteiger partial charge on any atom is 0.354 e. The lowest BCUT2D eigenvalue weighted by Crippen LogP contribution is -2.06. The Morgan fingerprint density at radius 2 is 1.95 bits per heavy atom. The summed E-state index contributed by atoms with van der Waals surface area (Å²) in [6.45, 7) is 3.16. The number of aryl methyl sites for hydroxylation is 1. The van der Waals surface area contributed by atoms with Gasteiger partial charge in [0, 0.05) is 16.9 Å². The number of carbonyl (C=O) groups is 2. The third-order valence-corrected chi connectivity index (χ3v) is 2.60. The van der Waals surface area contributed by atoms with E-state index in [1.54, 1.807) is 31.2 Å². The van der Waals surface area contributed by atoms with E-state index >= 15 is 0 Å². The first-order valence-electron chi connectivity index (χ1n) is 5.92. The molecule has 0 aliphatic heterocycles. The van der Waals surface area contributed by atoms with Gasteiger partial charge < -0.3 is 10.4 Å². The van der Waals surface area contributed by atoms with E-state index in [4.69, 9.17) is 5.11 Å². The van der Waals surface area contributed by atoms with E-state index < -0.39 is 5.97 Å². The lowest BCUT2D eigenvalue weighted by molar-refractivity contribution is 0.0690. The Kier molecular flexibility index (Phi) is 3.74. The van der Waals surface area contributed by atoms with Gasteiger partial charge in [0.25, 0.3) is 0 Å². The molecule has 1 heterocycles. The van der Waals surface area contributed by atoms with Crippen molar-refractivity contribution in [1.82, 2.24) is 9.97 Å². The summed E-state index contributed by atoms with van der Waals surface area (Å²) in [5.41, 5.74) is 1.64. The fourth-order valence-corrected chi connectivity index (χ4v) is 1.68. The van der Waals surface area contributed by atoms with Crippen LogP contribution in [-0.2, 0) is 0 Å². The molecule has 0 fully saturated rings. The minimum atomic E-state index is -1.11. The summed E-state index contributed by atoms with van der Waals surface area (Å²) in [7, 11) is 0. The van der Waals surface area contributed by atoms with Crippen molar-refractivity contribution in [2.45, 2.75) is 13.8 Å². The van der Waals surface area contributed by atoms with E-state index in [-0.39, 0.29) is 17.4 Å².